The van der Waals surface area contributed by atoms with E-state index in [0.29, 0.717) is 23.1 Å². The van der Waals surface area contributed by atoms with E-state index >= 15 is 0 Å². The van der Waals surface area contributed by atoms with Gasteiger partial charge in [-0.1, -0.05) is 24.3 Å². The van der Waals surface area contributed by atoms with Gasteiger partial charge in [0, 0.05) is 12.0 Å². The summed E-state index contributed by atoms with van der Waals surface area (Å²) in [5.74, 6) is -1.07. The van der Waals surface area contributed by atoms with Crippen LogP contribution in [0.15, 0.2) is 36.4 Å². The Kier molecular flexibility index (Phi) is 2.93. The van der Waals surface area contributed by atoms with Crippen LogP contribution in [0.4, 0.5) is 4.39 Å². The minimum absolute atomic E-state index is 0.0219. The van der Waals surface area contributed by atoms with Crippen LogP contribution in [0.25, 0.3) is 11.1 Å². The predicted molar refractivity (Wildman–Crippen MR) is 72.1 cm³/mol. The van der Waals surface area contributed by atoms with Crippen LogP contribution in [-0.4, -0.2) is 17.2 Å². The number of rotatable bonds is 1. The van der Waals surface area contributed by atoms with Gasteiger partial charge in [0.2, 0.25) is 0 Å². The number of aromatic hydroxyl groups is 1. The molecule has 102 valence electrons. The lowest BCUT2D eigenvalue weighted by Gasteiger charge is -2.22. The summed E-state index contributed by atoms with van der Waals surface area (Å²) in [5.41, 5.74) is 1.63. The molecule has 4 heteroatoms. The first-order valence-corrected chi connectivity index (χ1v) is 6.38. The van der Waals surface area contributed by atoms with E-state index in [4.69, 9.17) is 4.74 Å². The molecule has 1 unspecified atom stereocenters. The average molecular weight is 272 g/mol. The second-order valence-corrected chi connectivity index (χ2v) is 4.93. The second kappa shape index (κ2) is 4.63. The van der Waals surface area contributed by atoms with Crippen molar-refractivity contribution in [3.63, 3.8) is 0 Å². The topological polar surface area (TPSA) is 46.5 Å². The molecule has 1 aliphatic heterocycles. The van der Waals surface area contributed by atoms with Crippen LogP contribution < -0.4 is 0 Å². The molecule has 0 spiro atoms. The molecule has 3 nitrogen and oxygen atoms in total. The van der Waals surface area contributed by atoms with Crippen LogP contribution in [0.3, 0.4) is 0 Å². The number of carbonyl (C=O) groups excluding carboxylic acids is 1. The number of ether oxygens (including phenoxy) is 1. The van der Waals surface area contributed by atoms with Crippen molar-refractivity contribution in [2.75, 3.05) is 0 Å². The fourth-order valence-corrected chi connectivity index (χ4v) is 2.46. The number of phenols is 1. The maximum absolute atomic E-state index is 14.6. The Hall–Kier alpha value is -2.36. The standard InChI is InChI=1S/C16H13FO3/c1-9-8-11-4-7-13(10-2-5-12(18)6-3-10)15(17)14(11)16(19)20-9/h2-7,9,18H,8H2,1H3. The highest BCUT2D eigenvalue weighted by molar-refractivity contribution is 5.94. The lowest BCUT2D eigenvalue weighted by atomic mass is 9.93. The maximum atomic E-state index is 14.6. The van der Waals surface area contributed by atoms with Crippen molar-refractivity contribution in [2.45, 2.75) is 19.4 Å². The summed E-state index contributed by atoms with van der Waals surface area (Å²) in [7, 11) is 0. The van der Waals surface area contributed by atoms with Crippen molar-refractivity contribution in [3.8, 4) is 16.9 Å². The molecule has 0 saturated carbocycles. The monoisotopic (exact) mass is 272 g/mol. The zero-order chi connectivity index (χ0) is 14.3. The van der Waals surface area contributed by atoms with Gasteiger partial charge in [0.15, 0.2) is 0 Å². The Morgan fingerprint density at radius 1 is 1.20 bits per heavy atom. The molecule has 0 radical (unpaired) electrons. The van der Waals surface area contributed by atoms with Crippen LogP contribution in [0.5, 0.6) is 5.75 Å². The molecule has 0 aromatic heterocycles. The summed E-state index contributed by atoms with van der Waals surface area (Å²) in [5, 5.41) is 9.27. The highest BCUT2D eigenvalue weighted by Crippen LogP contribution is 2.31. The lowest BCUT2D eigenvalue weighted by molar-refractivity contribution is 0.0294. The molecule has 0 amide bonds. The Balaban J connectivity index is 2.13. The van der Waals surface area contributed by atoms with Gasteiger partial charge >= 0.3 is 5.97 Å². The zero-order valence-corrected chi connectivity index (χ0v) is 10.9. The third-order valence-electron chi connectivity index (χ3n) is 3.43. The molecule has 3 rings (SSSR count). The Morgan fingerprint density at radius 2 is 1.90 bits per heavy atom. The van der Waals surface area contributed by atoms with Crippen LogP contribution in [0, 0.1) is 5.82 Å². The Bertz CT molecular complexity index is 677. The lowest BCUT2D eigenvalue weighted by Crippen LogP contribution is -2.26. The molecule has 1 aliphatic rings. The summed E-state index contributed by atoms with van der Waals surface area (Å²) in [6.45, 7) is 1.78. The molecule has 1 N–H and O–H groups in total. The normalized spacial score (nSPS) is 17.5. The van der Waals surface area contributed by atoms with E-state index in [1.165, 1.54) is 12.1 Å². The van der Waals surface area contributed by atoms with E-state index in [2.05, 4.69) is 0 Å². The van der Waals surface area contributed by atoms with Crippen molar-refractivity contribution in [3.05, 3.63) is 53.3 Å². The van der Waals surface area contributed by atoms with Crippen LogP contribution >= 0.6 is 0 Å². The van der Waals surface area contributed by atoms with Crippen molar-refractivity contribution in [1.82, 2.24) is 0 Å². The molecule has 2 aromatic carbocycles. The smallest absolute Gasteiger partial charge is 0.341 e. The van der Waals surface area contributed by atoms with E-state index in [1.807, 2.05) is 0 Å². The van der Waals surface area contributed by atoms with Crippen LogP contribution in [0.2, 0.25) is 0 Å². The van der Waals surface area contributed by atoms with Gasteiger partial charge in [0.1, 0.15) is 17.7 Å². The van der Waals surface area contributed by atoms with Gasteiger partial charge in [-0.25, -0.2) is 9.18 Å². The molecule has 1 heterocycles. The quantitative estimate of drug-likeness (QED) is 0.810. The number of hydrogen-bond donors (Lipinski definition) is 1. The number of halogens is 1. The number of carbonyl (C=O) groups is 1. The Labute approximate surface area is 115 Å². The largest absolute Gasteiger partial charge is 0.508 e. The summed E-state index contributed by atoms with van der Waals surface area (Å²) in [6, 6.07) is 9.60. The van der Waals surface area contributed by atoms with E-state index in [9.17, 15) is 14.3 Å². The molecule has 0 saturated heterocycles. The summed E-state index contributed by atoms with van der Waals surface area (Å²) >= 11 is 0. The fourth-order valence-electron chi connectivity index (χ4n) is 2.46. The number of hydrogen-bond acceptors (Lipinski definition) is 3. The van der Waals surface area contributed by atoms with Gasteiger partial charge in [-0.3, -0.25) is 0 Å². The third-order valence-corrected chi connectivity index (χ3v) is 3.43. The summed E-state index contributed by atoms with van der Waals surface area (Å²) < 4.78 is 19.6. The Morgan fingerprint density at radius 3 is 2.60 bits per heavy atom. The first-order chi connectivity index (χ1) is 9.56. The number of phenolic OH excluding ortho intramolecular Hbond substituents is 1. The molecule has 2 aromatic rings. The first-order valence-electron chi connectivity index (χ1n) is 6.38. The van der Waals surface area contributed by atoms with E-state index in [1.54, 1.807) is 31.2 Å². The predicted octanol–water partition coefficient (Wildman–Crippen LogP) is 3.30. The van der Waals surface area contributed by atoms with Crippen molar-refractivity contribution < 1.29 is 19.0 Å². The fraction of sp³-hybridized carbons (Fsp3) is 0.188. The van der Waals surface area contributed by atoms with E-state index < -0.39 is 11.8 Å². The van der Waals surface area contributed by atoms with Crippen LogP contribution in [-0.2, 0) is 11.2 Å². The highest BCUT2D eigenvalue weighted by atomic mass is 19.1. The van der Waals surface area contributed by atoms with Crippen molar-refractivity contribution in [1.29, 1.82) is 0 Å². The molecule has 0 aliphatic carbocycles. The molecule has 1 atom stereocenters. The number of esters is 1. The van der Waals surface area contributed by atoms with Crippen molar-refractivity contribution in [2.24, 2.45) is 0 Å². The molecular formula is C16H13FO3. The average Bonchev–Trinajstić information content (AvgIpc) is 2.39. The highest BCUT2D eigenvalue weighted by Gasteiger charge is 2.28. The first kappa shape index (κ1) is 12.7. The number of fused-ring (bicyclic) bond motifs is 1. The van der Waals surface area contributed by atoms with Gasteiger partial charge in [-0.05, 0) is 30.2 Å². The van der Waals surface area contributed by atoms with Gasteiger partial charge in [-0.2, -0.15) is 0 Å². The molecule has 20 heavy (non-hydrogen) atoms. The number of benzene rings is 2. The minimum atomic E-state index is -0.614. The second-order valence-electron chi connectivity index (χ2n) is 4.93. The molecular weight excluding hydrogens is 259 g/mol. The van der Waals surface area contributed by atoms with E-state index in [0.717, 1.165) is 0 Å². The number of cyclic esters (lactones) is 1. The maximum Gasteiger partial charge on any atom is 0.341 e. The van der Waals surface area contributed by atoms with Gasteiger partial charge in [0.05, 0.1) is 5.56 Å². The minimum Gasteiger partial charge on any atom is -0.508 e. The van der Waals surface area contributed by atoms with E-state index in [-0.39, 0.29) is 17.4 Å². The summed E-state index contributed by atoms with van der Waals surface area (Å²) in [6.07, 6.45) is 0.294. The molecule has 0 fully saturated rings. The molecule has 0 bridgehead atoms. The zero-order valence-electron chi connectivity index (χ0n) is 10.9. The van der Waals surface area contributed by atoms with Gasteiger partial charge < -0.3 is 9.84 Å². The van der Waals surface area contributed by atoms with Crippen LogP contribution in [0.1, 0.15) is 22.8 Å². The van der Waals surface area contributed by atoms with Gasteiger partial charge in [-0.15, -0.1) is 0 Å². The SMILES string of the molecule is CC1Cc2ccc(-c3ccc(O)cc3)c(F)c2C(=O)O1. The summed E-state index contributed by atoms with van der Waals surface area (Å²) in [4.78, 5) is 11.9. The van der Waals surface area contributed by atoms with Gasteiger partial charge in [0.25, 0.3) is 0 Å². The van der Waals surface area contributed by atoms with Crippen molar-refractivity contribution >= 4 is 5.97 Å². The third kappa shape index (κ3) is 2.03.